The van der Waals surface area contributed by atoms with Crippen molar-refractivity contribution in [2.24, 2.45) is 0 Å². The molecule has 1 saturated heterocycles. The fourth-order valence-electron chi connectivity index (χ4n) is 2.43. The van der Waals surface area contributed by atoms with Crippen LogP contribution in [0.3, 0.4) is 0 Å². The molecule has 0 radical (unpaired) electrons. The highest BCUT2D eigenvalue weighted by Gasteiger charge is 2.51. The molecule has 118 valence electrons. The van der Waals surface area contributed by atoms with Crippen LogP contribution in [0.5, 0.6) is 0 Å². The molecule has 3 rings (SSSR count). The SMILES string of the molecule is CC1(C)OB(c2ccc(-c3ccc(C=O)cc3)nc2)OC1(C)C. The summed E-state index contributed by atoms with van der Waals surface area (Å²) in [5, 5.41) is 0. The van der Waals surface area contributed by atoms with Gasteiger partial charge in [-0.05, 0) is 33.8 Å². The van der Waals surface area contributed by atoms with Gasteiger partial charge in [0.1, 0.15) is 6.29 Å². The first kappa shape index (κ1) is 15.9. The molecule has 1 aromatic heterocycles. The highest BCUT2D eigenvalue weighted by Crippen LogP contribution is 2.36. The van der Waals surface area contributed by atoms with Gasteiger partial charge in [0.2, 0.25) is 0 Å². The van der Waals surface area contributed by atoms with Crippen LogP contribution in [0.15, 0.2) is 42.6 Å². The van der Waals surface area contributed by atoms with Gasteiger partial charge >= 0.3 is 7.12 Å². The van der Waals surface area contributed by atoms with E-state index in [0.29, 0.717) is 5.56 Å². The van der Waals surface area contributed by atoms with Gasteiger partial charge in [-0.25, -0.2) is 0 Å². The van der Waals surface area contributed by atoms with Gasteiger partial charge in [-0.3, -0.25) is 9.78 Å². The number of hydrogen-bond acceptors (Lipinski definition) is 4. The summed E-state index contributed by atoms with van der Waals surface area (Å²) in [6, 6.07) is 11.3. The van der Waals surface area contributed by atoms with Gasteiger partial charge in [0.05, 0.1) is 16.9 Å². The van der Waals surface area contributed by atoms with Gasteiger partial charge in [0.15, 0.2) is 0 Å². The van der Waals surface area contributed by atoms with Crippen molar-refractivity contribution >= 4 is 18.9 Å². The Kier molecular flexibility index (Phi) is 3.86. The van der Waals surface area contributed by atoms with Crippen molar-refractivity contribution in [1.82, 2.24) is 4.98 Å². The van der Waals surface area contributed by atoms with E-state index in [4.69, 9.17) is 9.31 Å². The molecule has 0 saturated carbocycles. The average Bonchev–Trinajstić information content (AvgIpc) is 2.76. The Morgan fingerprint density at radius 1 is 0.957 bits per heavy atom. The van der Waals surface area contributed by atoms with Gasteiger partial charge in [-0.15, -0.1) is 0 Å². The van der Waals surface area contributed by atoms with E-state index >= 15 is 0 Å². The minimum atomic E-state index is -0.404. The lowest BCUT2D eigenvalue weighted by atomic mass is 9.80. The summed E-state index contributed by atoms with van der Waals surface area (Å²) in [5.41, 5.74) is 2.65. The van der Waals surface area contributed by atoms with Gasteiger partial charge in [-0.1, -0.05) is 30.3 Å². The van der Waals surface area contributed by atoms with Gasteiger partial charge < -0.3 is 9.31 Å². The minimum absolute atomic E-state index is 0.360. The Hall–Kier alpha value is -1.98. The number of hydrogen-bond donors (Lipinski definition) is 0. The summed E-state index contributed by atoms with van der Waals surface area (Å²) >= 11 is 0. The fourth-order valence-corrected chi connectivity index (χ4v) is 2.43. The van der Waals surface area contributed by atoms with Gasteiger partial charge in [-0.2, -0.15) is 0 Å². The van der Waals surface area contributed by atoms with Gasteiger partial charge in [0, 0.05) is 22.8 Å². The zero-order valence-corrected chi connectivity index (χ0v) is 13.9. The molecule has 0 aliphatic carbocycles. The van der Waals surface area contributed by atoms with Crippen molar-refractivity contribution in [3.63, 3.8) is 0 Å². The zero-order chi connectivity index (χ0) is 16.7. The van der Waals surface area contributed by atoms with Crippen molar-refractivity contribution in [3.8, 4) is 11.3 Å². The lowest BCUT2D eigenvalue weighted by Gasteiger charge is -2.32. The fraction of sp³-hybridized carbons (Fsp3) is 0.333. The summed E-state index contributed by atoms with van der Waals surface area (Å²) in [6.45, 7) is 8.12. The lowest BCUT2D eigenvalue weighted by Crippen LogP contribution is -2.41. The number of aromatic nitrogens is 1. The highest BCUT2D eigenvalue weighted by atomic mass is 16.7. The molecule has 1 aliphatic heterocycles. The molecule has 0 atom stereocenters. The molecule has 0 N–H and O–H groups in total. The van der Waals surface area contributed by atoms with Crippen molar-refractivity contribution in [1.29, 1.82) is 0 Å². The molecule has 4 nitrogen and oxygen atoms in total. The number of carbonyl (C=O) groups excluding carboxylic acids is 1. The predicted octanol–water partition coefficient (Wildman–Crippen LogP) is 2.86. The standard InChI is InChI=1S/C18H20BNO3/c1-17(2)18(3,4)23-19(22-17)15-9-10-16(20-11-15)14-7-5-13(12-21)6-8-14/h5-12H,1-4H3. The van der Waals surface area contributed by atoms with Crippen molar-refractivity contribution in [2.75, 3.05) is 0 Å². The van der Waals surface area contributed by atoms with Crippen LogP contribution >= 0.6 is 0 Å². The maximum absolute atomic E-state index is 10.7. The molecule has 0 amide bonds. The molecule has 0 unspecified atom stereocenters. The molecule has 1 fully saturated rings. The predicted molar refractivity (Wildman–Crippen MR) is 90.8 cm³/mol. The Balaban J connectivity index is 1.81. The molecular weight excluding hydrogens is 289 g/mol. The van der Waals surface area contributed by atoms with E-state index in [1.165, 1.54) is 0 Å². The van der Waals surface area contributed by atoms with E-state index < -0.39 is 7.12 Å². The van der Waals surface area contributed by atoms with Crippen LogP contribution in [0.2, 0.25) is 0 Å². The smallest absolute Gasteiger partial charge is 0.399 e. The average molecular weight is 309 g/mol. The second kappa shape index (κ2) is 5.58. The normalized spacial score (nSPS) is 18.9. The highest BCUT2D eigenvalue weighted by molar-refractivity contribution is 6.62. The summed E-state index contributed by atoms with van der Waals surface area (Å²) in [5.74, 6) is 0. The number of pyridine rings is 1. The molecule has 0 bridgehead atoms. The third-order valence-electron chi connectivity index (χ3n) is 4.65. The molecule has 2 aromatic rings. The summed E-state index contributed by atoms with van der Waals surface area (Å²) in [4.78, 5) is 15.2. The third kappa shape index (κ3) is 2.94. The maximum Gasteiger partial charge on any atom is 0.496 e. The van der Waals surface area contributed by atoms with Crippen LogP contribution in [-0.2, 0) is 9.31 Å². The molecule has 23 heavy (non-hydrogen) atoms. The summed E-state index contributed by atoms with van der Waals surface area (Å²) < 4.78 is 12.0. The van der Waals surface area contributed by atoms with E-state index in [2.05, 4.69) is 4.98 Å². The van der Waals surface area contributed by atoms with Crippen LogP contribution in [0.4, 0.5) is 0 Å². The number of aldehydes is 1. The maximum atomic E-state index is 10.7. The number of carbonyl (C=O) groups is 1. The Morgan fingerprint density at radius 3 is 2.04 bits per heavy atom. The Labute approximate surface area is 137 Å². The second-order valence-corrected chi connectivity index (χ2v) is 6.80. The molecule has 0 spiro atoms. The molecule has 5 heteroatoms. The Morgan fingerprint density at radius 2 is 1.57 bits per heavy atom. The zero-order valence-electron chi connectivity index (χ0n) is 13.9. The molecular formula is C18H20BNO3. The first-order chi connectivity index (χ1) is 10.8. The Bertz CT molecular complexity index is 692. The van der Waals surface area contributed by atoms with E-state index in [1.54, 1.807) is 18.3 Å². The summed E-state index contributed by atoms with van der Waals surface area (Å²) in [6.07, 6.45) is 2.61. The van der Waals surface area contributed by atoms with Crippen molar-refractivity contribution in [3.05, 3.63) is 48.2 Å². The second-order valence-electron chi connectivity index (χ2n) is 6.80. The van der Waals surface area contributed by atoms with E-state index in [9.17, 15) is 4.79 Å². The molecule has 1 aromatic carbocycles. The van der Waals surface area contributed by atoms with Crippen LogP contribution in [0.1, 0.15) is 38.1 Å². The topological polar surface area (TPSA) is 48.4 Å². The third-order valence-corrected chi connectivity index (χ3v) is 4.65. The van der Waals surface area contributed by atoms with Crippen molar-refractivity contribution in [2.45, 2.75) is 38.9 Å². The number of benzene rings is 1. The first-order valence-corrected chi connectivity index (χ1v) is 7.70. The lowest BCUT2D eigenvalue weighted by molar-refractivity contribution is 0.00578. The molecule has 1 aliphatic rings. The first-order valence-electron chi connectivity index (χ1n) is 7.70. The van der Waals surface area contributed by atoms with Crippen molar-refractivity contribution < 1.29 is 14.1 Å². The van der Waals surface area contributed by atoms with Crippen LogP contribution in [0.25, 0.3) is 11.3 Å². The number of rotatable bonds is 3. The van der Waals surface area contributed by atoms with E-state index in [-0.39, 0.29) is 11.2 Å². The van der Waals surface area contributed by atoms with E-state index in [0.717, 1.165) is 23.0 Å². The quantitative estimate of drug-likeness (QED) is 0.646. The minimum Gasteiger partial charge on any atom is -0.399 e. The summed E-state index contributed by atoms with van der Waals surface area (Å²) in [7, 11) is -0.404. The van der Waals surface area contributed by atoms with Crippen LogP contribution in [-0.4, -0.2) is 29.6 Å². The van der Waals surface area contributed by atoms with Gasteiger partial charge in [0.25, 0.3) is 0 Å². The van der Waals surface area contributed by atoms with E-state index in [1.807, 2.05) is 52.0 Å². The van der Waals surface area contributed by atoms with Crippen LogP contribution < -0.4 is 5.46 Å². The monoisotopic (exact) mass is 309 g/mol. The number of nitrogens with zero attached hydrogens (tertiary/aromatic N) is 1. The largest absolute Gasteiger partial charge is 0.496 e. The van der Waals surface area contributed by atoms with Crippen LogP contribution in [0, 0.1) is 0 Å². The molecule has 2 heterocycles.